The number of hydrogen-bond acceptors (Lipinski definition) is 1. The largest absolute Gasteiger partial charge is 0.492 e. The van der Waals surface area contributed by atoms with Crippen molar-refractivity contribution in [2.24, 2.45) is 0 Å². The fourth-order valence-electron chi connectivity index (χ4n) is 0.878. The second-order valence-electron chi connectivity index (χ2n) is 3.35. The van der Waals surface area contributed by atoms with Crippen LogP contribution in [-0.2, 0) is 4.74 Å². The Hall–Kier alpha value is -0.0900. The summed E-state index contributed by atoms with van der Waals surface area (Å²) >= 11 is 0. The van der Waals surface area contributed by atoms with Crippen LogP contribution in [0.3, 0.4) is 0 Å². The van der Waals surface area contributed by atoms with E-state index in [1.165, 1.54) is 6.92 Å². The third-order valence-electron chi connectivity index (χ3n) is 1.94. The molecular weight excluding hydrogens is 307 g/mol. The van der Waals surface area contributed by atoms with Crippen molar-refractivity contribution in [3.05, 3.63) is 12.3 Å². The van der Waals surface area contributed by atoms with E-state index in [0.717, 1.165) is 18.5 Å². The molecule has 0 amide bonds. The van der Waals surface area contributed by atoms with Crippen LogP contribution in [-0.4, -0.2) is 29.5 Å². The molecule has 0 rings (SSSR count). The van der Waals surface area contributed by atoms with Gasteiger partial charge in [-0.1, -0.05) is 25.1 Å². The molecule has 0 aliphatic carbocycles. The first-order chi connectivity index (χ1) is 7.73. The van der Waals surface area contributed by atoms with Gasteiger partial charge in [-0.05, 0) is 6.92 Å². The molecule has 0 spiro atoms. The van der Waals surface area contributed by atoms with Crippen molar-refractivity contribution in [2.45, 2.75) is 29.8 Å². The Morgan fingerprint density at radius 3 is 1.67 bits per heavy atom. The lowest BCUT2D eigenvalue weighted by Gasteiger charge is -2.37. The zero-order valence-electron chi connectivity index (χ0n) is 9.12. The molecule has 0 heterocycles. The van der Waals surface area contributed by atoms with Gasteiger partial charge in [0.15, 0.2) is 5.76 Å². The minimum Gasteiger partial charge on any atom is -0.492 e. The van der Waals surface area contributed by atoms with Gasteiger partial charge in [-0.3, -0.25) is 0 Å². The SMILES string of the molecule is C=C(OCC)C(F)(F)C(F)(F)C(F)(F)C(F)(P)P. The highest BCUT2D eigenvalue weighted by molar-refractivity contribution is 7.39. The normalized spacial score (nSPS) is 14.6. The van der Waals surface area contributed by atoms with Gasteiger partial charge >= 0.3 is 17.8 Å². The van der Waals surface area contributed by atoms with Crippen molar-refractivity contribution < 1.29 is 35.5 Å². The van der Waals surface area contributed by atoms with E-state index in [0.29, 0.717) is 0 Å². The molecule has 0 N–H and O–H groups in total. The lowest BCUT2D eigenvalue weighted by molar-refractivity contribution is -0.315. The zero-order valence-corrected chi connectivity index (χ0v) is 11.4. The molecule has 0 radical (unpaired) electrons. The van der Waals surface area contributed by atoms with Gasteiger partial charge in [-0.15, -0.1) is 0 Å². The molecule has 1 nitrogen and oxygen atoms in total. The Morgan fingerprint density at radius 2 is 1.39 bits per heavy atom. The summed E-state index contributed by atoms with van der Waals surface area (Å²) in [6, 6.07) is 0. The van der Waals surface area contributed by atoms with Crippen molar-refractivity contribution in [2.75, 3.05) is 6.61 Å². The molecule has 2 atom stereocenters. The van der Waals surface area contributed by atoms with Gasteiger partial charge in [0.2, 0.25) is 5.15 Å². The highest BCUT2D eigenvalue weighted by Crippen LogP contribution is 2.58. The van der Waals surface area contributed by atoms with Crippen molar-refractivity contribution in [3.8, 4) is 0 Å². The number of hydrogen-bond donors (Lipinski definition) is 0. The number of ether oxygens (including phenoxy) is 1. The maximum absolute atomic E-state index is 13.2. The average molecular weight is 318 g/mol. The average Bonchev–Trinajstić information content (AvgIpc) is 2.15. The van der Waals surface area contributed by atoms with E-state index < -0.39 is 35.3 Å². The Bertz CT molecular complexity index is 324. The Balaban J connectivity index is 5.57. The molecule has 0 fully saturated rings. The first-order valence-corrected chi connectivity index (χ1v) is 5.61. The summed E-state index contributed by atoms with van der Waals surface area (Å²) < 4.78 is 95.7. The highest BCUT2D eigenvalue weighted by Gasteiger charge is 2.78. The molecule has 0 aromatic carbocycles. The summed E-state index contributed by atoms with van der Waals surface area (Å²) in [4.78, 5) is 0. The number of rotatable bonds is 6. The molecule has 2 unspecified atom stereocenters. The Kier molecular flexibility index (Phi) is 5.10. The first-order valence-electron chi connectivity index (χ1n) is 4.45. The maximum atomic E-state index is 13.2. The first kappa shape index (κ1) is 17.9. The second kappa shape index (κ2) is 5.12. The van der Waals surface area contributed by atoms with Crippen molar-refractivity contribution in [1.82, 2.24) is 0 Å². The van der Waals surface area contributed by atoms with Gasteiger partial charge in [0.25, 0.3) is 0 Å². The van der Waals surface area contributed by atoms with Crippen LogP contribution in [0.15, 0.2) is 12.3 Å². The van der Waals surface area contributed by atoms with Crippen molar-refractivity contribution >= 4 is 18.5 Å². The van der Waals surface area contributed by atoms with E-state index in [-0.39, 0.29) is 0 Å². The zero-order chi connectivity index (χ0) is 15.0. The summed E-state index contributed by atoms with van der Waals surface area (Å²) in [5.74, 6) is -18.9. The summed E-state index contributed by atoms with van der Waals surface area (Å²) in [5.41, 5.74) is 0. The quantitative estimate of drug-likeness (QED) is 0.411. The number of halogens is 7. The van der Waals surface area contributed by atoms with Crippen LogP contribution in [0.2, 0.25) is 0 Å². The third kappa shape index (κ3) is 2.74. The summed E-state index contributed by atoms with van der Waals surface area (Å²) in [7, 11) is 1.46. The molecule has 10 heteroatoms. The monoisotopic (exact) mass is 318 g/mol. The number of allylic oxidation sites excluding steroid dienone is 1. The smallest absolute Gasteiger partial charge is 0.383 e. The third-order valence-corrected chi connectivity index (χ3v) is 2.66. The van der Waals surface area contributed by atoms with E-state index in [2.05, 4.69) is 11.3 Å². The molecule has 108 valence electrons. The lowest BCUT2D eigenvalue weighted by atomic mass is 10.0. The Morgan fingerprint density at radius 1 is 1.00 bits per heavy atom. The van der Waals surface area contributed by atoms with Crippen LogP contribution in [0, 0.1) is 0 Å². The molecule has 0 aliphatic heterocycles. The van der Waals surface area contributed by atoms with Crippen LogP contribution in [0.1, 0.15) is 6.92 Å². The van der Waals surface area contributed by atoms with E-state index in [9.17, 15) is 30.7 Å². The van der Waals surface area contributed by atoms with Crippen molar-refractivity contribution in [3.63, 3.8) is 0 Å². The molecule has 0 saturated carbocycles. The standard InChI is InChI=1S/C8H11F7OP2/c1-3-16-4(2)5(9,10)6(11,12)7(13,14)8(15,17)18/h2-3,17-18H2,1H3. The minimum absolute atomic E-state index is 0.474. The van der Waals surface area contributed by atoms with Gasteiger partial charge < -0.3 is 4.74 Å². The van der Waals surface area contributed by atoms with E-state index in [4.69, 9.17) is 0 Å². The number of alkyl halides is 7. The van der Waals surface area contributed by atoms with E-state index in [1.54, 1.807) is 0 Å². The van der Waals surface area contributed by atoms with Crippen LogP contribution in [0.25, 0.3) is 0 Å². The summed E-state index contributed by atoms with van der Waals surface area (Å²) in [5, 5.41) is -4.01. The van der Waals surface area contributed by atoms with Crippen LogP contribution in [0.4, 0.5) is 30.7 Å². The molecule has 0 bridgehead atoms. The van der Waals surface area contributed by atoms with E-state index in [1.807, 2.05) is 0 Å². The summed E-state index contributed by atoms with van der Waals surface area (Å²) in [6.45, 7) is 3.15. The minimum atomic E-state index is -6.01. The van der Waals surface area contributed by atoms with Gasteiger partial charge in [0, 0.05) is 0 Å². The summed E-state index contributed by atoms with van der Waals surface area (Å²) in [6.07, 6.45) is 0. The van der Waals surface area contributed by atoms with Crippen LogP contribution < -0.4 is 0 Å². The molecular formula is C8H11F7OP2. The van der Waals surface area contributed by atoms with Crippen LogP contribution >= 0.6 is 18.5 Å². The van der Waals surface area contributed by atoms with Gasteiger partial charge in [-0.2, -0.15) is 26.3 Å². The van der Waals surface area contributed by atoms with E-state index >= 15 is 0 Å². The molecule has 0 aromatic rings. The Labute approximate surface area is 104 Å². The lowest BCUT2D eigenvalue weighted by Crippen LogP contribution is -2.60. The second-order valence-corrected chi connectivity index (χ2v) is 5.69. The molecule has 0 aromatic heterocycles. The van der Waals surface area contributed by atoms with Gasteiger partial charge in [0.05, 0.1) is 6.61 Å². The van der Waals surface area contributed by atoms with Gasteiger partial charge in [-0.25, -0.2) is 4.39 Å². The molecule has 0 saturated heterocycles. The maximum Gasteiger partial charge on any atom is 0.383 e. The fraction of sp³-hybridized carbons (Fsp3) is 0.750. The molecule has 0 aliphatic rings. The highest BCUT2D eigenvalue weighted by atomic mass is 31.1. The van der Waals surface area contributed by atoms with Crippen molar-refractivity contribution in [1.29, 1.82) is 0 Å². The van der Waals surface area contributed by atoms with Crippen LogP contribution in [0.5, 0.6) is 0 Å². The van der Waals surface area contributed by atoms with Gasteiger partial charge in [0.1, 0.15) is 0 Å². The molecule has 18 heavy (non-hydrogen) atoms. The fourth-order valence-corrected chi connectivity index (χ4v) is 1.24. The predicted molar refractivity (Wildman–Crippen MR) is 58.9 cm³/mol. The topological polar surface area (TPSA) is 9.23 Å². The predicted octanol–water partition coefficient (Wildman–Crippen LogP) is 3.82.